The molecular weight excluding hydrogens is 277 g/mol. The van der Waals surface area contributed by atoms with E-state index in [9.17, 15) is 0 Å². The first kappa shape index (κ1) is 13.0. The summed E-state index contributed by atoms with van der Waals surface area (Å²) in [7, 11) is 0. The molecule has 3 heteroatoms. The predicted octanol–water partition coefficient (Wildman–Crippen LogP) is 4.53. The van der Waals surface area contributed by atoms with Crippen molar-refractivity contribution in [2.45, 2.75) is 25.3 Å². The summed E-state index contributed by atoms with van der Waals surface area (Å²) >= 11 is 12.0. The summed E-state index contributed by atoms with van der Waals surface area (Å²) in [6.07, 6.45) is 3.61. The van der Waals surface area contributed by atoms with E-state index in [0.717, 1.165) is 17.5 Å². The minimum absolute atomic E-state index is 0.152. The molecule has 0 spiro atoms. The molecule has 1 aliphatic carbocycles. The first-order chi connectivity index (χ1) is 9.15. The molecule has 1 aliphatic rings. The molecule has 1 atom stereocenters. The van der Waals surface area contributed by atoms with Crippen molar-refractivity contribution in [2.24, 2.45) is 5.73 Å². The quantitative estimate of drug-likeness (QED) is 0.864. The number of benzene rings is 2. The summed E-state index contributed by atoms with van der Waals surface area (Å²) in [5, 5.41) is 1.11. The Morgan fingerprint density at radius 3 is 2.32 bits per heavy atom. The molecule has 0 heterocycles. The zero-order chi connectivity index (χ0) is 13.4. The Balaban J connectivity index is 1.94. The lowest BCUT2D eigenvalue weighted by Crippen LogP contribution is -2.12. The van der Waals surface area contributed by atoms with Crippen LogP contribution >= 0.6 is 23.2 Å². The summed E-state index contributed by atoms with van der Waals surface area (Å²) in [6.45, 7) is 0. The Morgan fingerprint density at radius 1 is 0.842 bits per heavy atom. The largest absolute Gasteiger partial charge is 0.320 e. The molecule has 98 valence electrons. The lowest BCUT2D eigenvalue weighted by atomic mass is 9.96. The number of hydrogen-bond acceptors (Lipinski definition) is 1. The van der Waals surface area contributed by atoms with Crippen LogP contribution in [0.1, 0.15) is 34.7 Å². The van der Waals surface area contributed by atoms with Crippen LogP contribution in [0.3, 0.4) is 0 Å². The maximum absolute atomic E-state index is 6.33. The molecule has 0 aromatic heterocycles. The Kier molecular flexibility index (Phi) is 3.53. The molecule has 0 saturated heterocycles. The van der Waals surface area contributed by atoms with Crippen molar-refractivity contribution in [3.63, 3.8) is 0 Å². The van der Waals surface area contributed by atoms with E-state index in [0.29, 0.717) is 10.0 Å². The van der Waals surface area contributed by atoms with Crippen LogP contribution in [0.25, 0.3) is 0 Å². The highest BCUT2D eigenvalue weighted by Gasteiger charge is 2.15. The third kappa shape index (κ3) is 2.51. The Hall–Kier alpha value is -1.02. The van der Waals surface area contributed by atoms with E-state index in [1.54, 1.807) is 6.07 Å². The van der Waals surface area contributed by atoms with Gasteiger partial charge in [-0.3, -0.25) is 0 Å². The molecule has 1 unspecified atom stereocenters. The van der Waals surface area contributed by atoms with Crippen LogP contribution in [0.4, 0.5) is 0 Å². The van der Waals surface area contributed by atoms with Crippen molar-refractivity contribution in [3.05, 3.63) is 68.7 Å². The molecule has 0 radical (unpaired) electrons. The van der Waals surface area contributed by atoms with Crippen LogP contribution in [0.5, 0.6) is 0 Å². The van der Waals surface area contributed by atoms with Gasteiger partial charge < -0.3 is 5.73 Å². The molecule has 19 heavy (non-hydrogen) atoms. The maximum atomic E-state index is 6.33. The van der Waals surface area contributed by atoms with Gasteiger partial charge in [-0.15, -0.1) is 0 Å². The molecule has 0 bridgehead atoms. The van der Waals surface area contributed by atoms with Crippen molar-refractivity contribution in [1.82, 2.24) is 0 Å². The molecule has 2 aromatic carbocycles. The van der Waals surface area contributed by atoms with Gasteiger partial charge in [0, 0.05) is 0 Å². The van der Waals surface area contributed by atoms with Gasteiger partial charge in [0.2, 0.25) is 0 Å². The fourth-order valence-corrected chi connectivity index (χ4v) is 2.99. The van der Waals surface area contributed by atoms with Crippen molar-refractivity contribution < 1.29 is 0 Å². The number of fused-ring (bicyclic) bond motifs is 1. The smallest absolute Gasteiger partial charge is 0.0595 e. The van der Waals surface area contributed by atoms with Gasteiger partial charge in [0.1, 0.15) is 0 Å². The summed E-state index contributed by atoms with van der Waals surface area (Å²) < 4.78 is 0. The second-order valence-corrected chi connectivity index (χ2v) is 5.85. The van der Waals surface area contributed by atoms with E-state index in [1.165, 1.54) is 24.0 Å². The van der Waals surface area contributed by atoms with E-state index in [-0.39, 0.29) is 6.04 Å². The number of aryl methyl sites for hydroxylation is 2. The van der Waals surface area contributed by atoms with Gasteiger partial charge in [0.25, 0.3) is 0 Å². The minimum atomic E-state index is -0.152. The molecule has 1 nitrogen and oxygen atoms in total. The SMILES string of the molecule is NC(c1ccc(Cl)c(Cl)c1)c1ccc2c(c1)CCC2. The van der Waals surface area contributed by atoms with E-state index in [1.807, 2.05) is 12.1 Å². The van der Waals surface area contributed by atoms with Crippen molar-refractivity contribution in [2.75, 3.05) is 0 Å². The number of halogens is 2. The minimum Gasteiger partial charge on any atom is -0.320 e. The summed E-state index contributed by atoms with van der Waals surface area (Å²) in [5.74, 6) is 0. The van der Waals surface area contributed by atoms with Crippen molar-refractivity contribution in [1.29, 1.82) is 0 Å². The summed E-state index contributed by atoms with van der Waals surface area (Å²) in [4.78, 5) is 0. The van der Waals surface area contributed by atoms with Gasteiger partial charge in [-0.25, -0.2) is 0 Å². The first-order valence-electron chi connectivity index (χ1n) is 6.47. The molecular formula is C16H15Cl2N. The van der Waals surface area contributed by atoms with Crippen LogP contribution < -0.4 is 5.73 Å². The number of rotatable bonds is 2. The lowest BCUT2D eigenvalue weighted by Gasteiger charge is -2.14. The topological polar surface area (TPSA) is 26.0 Å². The molecule has 2 aromatic rings. The van der Waals surface area contributed by atoms with E-state index >= 15 is 0 Å². The number of hydrogen-bond donors (Lipinski definition) is 1. The number of nitrogens with two attached hydrogens (primary N) is 1. The van der Waals surface area contributed by atoms with E-state index in [4.69, 9.17) is 28.9 Å². The van der Waals surface area contributed by atoms with Gasteiger partial charge in [-0.2, -0.15) is 0 Å². The van der Waals surface area contributed by atoms with Crippen LogP contribution in [0.2, 0.25) is 10.0 Å². The zero-order valence-corrected chi connectivity index (χ0v) is 12.0. The van der Waals surface area contributed by atoms with Gasteiger partial charge in [0.15, 0.2) is 0 Å². The molecule has 0 aliphatic heterocycles. The highest BCUT2D eigenvalue weighted by Crippen LogP contribution is 2.30. The Morgan fingerprint density at radius 2 is 1.53 bits per heavy atom. The monoisotopic (exact) mass is 291 g/mol. The first-order valence-corrected chi connectivity index (χ1v) is 7.23. The Labute approximate surface area is 123 Å². The predicted molar refractivity (Wildman–Crippen MR) is 81.0 cm³/mol. The third-order valence-corrected chi connectivity index (χ3v) is 4.52. The second kappa shape index (κ2) is 5.16. The maximum Gasteiger partial charge on any atom is 0.0595 e. The highest BCUT2D eigenvalue weighted by molar-refractivity contribution is 6.42. The van der Waals surface area contributed by atoms with E-state index in [2.05, 4.69) is 18.2 Å². The standard InChI is InChI=1S/C16H15Cl2N/c17-14-7-6-13(9-15(14)18)16(19)12-5-4-10-2-1-3-11(10)8-12/h4-9,16H,1-3,19H2. The molecule has 0 amide bonds. The average Bonchev–Trinajstić information content (AvgIpc) is 2.88. The zero-order valence-electron chi connectivity index (χ0n) is 10.5. The van der Waals surface area contributed by atoms with Gasteiger partial charge in [-0.1, -0.05) is 47.5 Å². The van der Waals surface area contributed by atoms with Crippen LogP contribution in [0, 0.1) is 0 Å². The van der Waals surface area contributed by atoms with Gasteiger partial charge in [-0.05, 0) is 53.6 Å². The normalized spacial score (nSPS) is 15.3. The molecule has 0 saturated carbocycles. The van der Waals surface area contributed by atoms with E-state index < -0.39 is 0 Å². The third-order valence-electron chi connectivity index (χ3n) is 3.78. The van der Waals surface area contributed by atoms with Gasteiger partial charge >= 0.3 is 0 Å². The van der Waals surface area contributed by atoms with Crippen molar-refractivity contribution >= 4 is 23.2 Å². The summed E-state index contributed by atoms with van der Waals surface area (Å²) in [6, 6.07) is 12.0. The average molecular weight is 292 g/mol. The lowest BCUT2D eigenvalue weighted by molar-refractivity contribution is 0.867. The highest BCUT2D eigenvalue weighted by atomic mass is 35.5. The van der Waals surface area contributed by atoms with Crippen LogP contribution in [0.15, 0.2) is 36.4 Å². The van der Waals surface area contributed by atoms with Crippen LogP contribution in [-0.2, 0) is 12.8 Å². The fraction of sp³-hybridized carbons (Fsp3) is 0.250. The van der Waals surface area contributed by atoms with Crippen LogP contribution in [-0.4, -0.2) is 0 Å². The molecule has 0 fully saturated rings. The Bertz CT molecular complexity index is 622. The van der Waals surface area contributed by atoms with Crippen molar-refractivity contribution in [3.8, 4) is 0 Å². The van der Waals surface area contributed by atoms with Gasteiger partial charge in [0.05, 0.1) is 16.1 Å². The molecule has 2 N–H and O–H groups in total. The second-order valence-electron chi connectivity index (χ2n) is 5.03. The molecule has 3 rings (SSSR count). The fourth-order valence-electron chi connectivity index (χ4n) is 2.68. The summed E-state index contributed by atoms with van der Waals surface area (Å²) in [5.41, 5.74) is 11.4.